The molecule has 2 saturated heterocycles. The van der Waals surface area contributed by atoms with E-state index in [9.17, 15) is 18.0 Å². The molecule has 0 saturated carbocycles. The van der Waals surface area contributed by atoms with E-state index in [2.05, 4.69) is 0 Å². The third-order valence-electron chi connectivity index (χ3n) is 4.75. The summed E-state index contributed by atoms with van der Waals surface area (Å²) in [4.78, 5) is 27.9. The Hall–Kier alpha value is -2.09. The molecule has 1 aromatic rings. The SMILES string of the molecule is CS(=O)(=O)CCC(=O)N1CCN2C(=O)OCC2(Cc2ccccc2)C1. The van der Waals surface area contributed by atoms with E-state index in [-0.39, 0.29) is 30.8 Å². The van der Waals surface area contributed by atoms with Crippen LogP contribution in [0.3, 0.4) is 0 Å². The minimum Gasteiger partial charge on any atom is -0.447 e. The third kappa shape index (κ3) is 3.95. The van der Waals surface area contributed by atoms with Crippen LogP contribution in [0.1, 0.15) is 12.0 Å². The molecule has 7 nitrogen and oxygen atoms in total. The Labute approximate surface area is 147 Å². The molecule has 1 aromatic carbocycles. The third-order valence-corrected chi connectivity index (χ3v) is 5.70. The topological polar surface area (TPSA) is 84.0 Å². The maximum atomic E-state index is 12.4. The predicted octanol–water partition coefficient (Wildman–Crippen LogP) is 0.697. The molecule has 2 fully saturated rings. The molecule has 3 rings (SSSR count). The highest BCUT2D eigenvalue weighted by molar-refractivity contribution is 7.90. The molecule has 25 heavy (non-hydrogen) atoms. The van der Waals surface area contributed by atoms with Gasteiger partial charge in [-0.3, -0.25) is 9.69 Å². The van der Waals surface area contributed by atoms with Gasteiger partial charge < -0.3 is 9.64 Å². The molecular formula is C17H22N2O5S. The van der Waals surface area contributed by atoms with E-state index in [0.29, 0.717) is 26.1 Å². The second kappa shape index (κ2) is 6.67. The van der Waals surface area contributed by atoms with E-state index in [1.165, 1.54) is 0 Å². The van der Waals surface area contributed by atoms with Crippen molar-refractivity contribution in [2.24, 2.45) is 0 Å². The van der Waals surface area contributed by atoms with E-state index in [0.717, 1.165) is 11.8 Å². The lowest BCUT2D eigenvalue weighted by molar-refractivity contribution is -0.134. The van der Waals surface area contributed by atoms with Crippen molar-refractivity contribution in [3.63, 3.8) is 0 Å². The Kier molecular flexibility index (Phi) is 4.73. The second-order valence-corrected chi connectivity index (χ2v) is 9.05. The summed E-state index contributed by atoms with van der Waals surface area (Å²) in [6, 6.07) is 9.77. The van der Waals surface area contributed by atoms with Crippen molar-refractivity contribution in [3.8, 4) is 0 Å². The molecule has 0 radical (unpaired) electrons. The first-order valence-electron chi connectivity index (χ1n) is 8.23. The van der Waals surface area contributed by atoms with E-state index in [1.54, 1.807) is 9.80 Å². The molecule has 0 spiro atoms. The van der Waals surface area contributed by atoms with Gasteiger partial charge in [0.1, 0.15) is 22.0 Å². The number of cyclic esters (lactones) is 1. The number of hydrogen-bond donors (Lipinski definition) is 0. The van der Waals surface area contributed by atoms with Crippen molar-refractivity contribution in [1.82, 2.24) is 9.80 Å². The fraction of sp³-hybridized carbons (Fsp3) is 0.529. The van der Waals surface area contributed by atoms with Crippen LogP contribution in [0.15, 0.2) is 30.3 Å². The van der Waals surface area contributed by atoms with Crippen LogP contribution in [0.2, 0.25) is 0 Å². The standard InChI is InChI=1S/C17H22N2O5S/c1-25(22,23)10-7-15(20)18-8-9-19-16(21)24-13-17(19,12-18)11-14-5-3-2-4-6-14/h2-6H,7-13H2,1H3. The number of hydrogen-bond acceptors (Lipinski definition) is 5. The Morgan fingerprint density at radius 1 is 1.24 bits per heavy atom. The Morgan fingerprint density at radius 2 is 1.96 bits per heavy atom. The average Bonchev–Trinajstić information content (AvgIpc) is 2.89. The van der Waals surface area contributed by atoms with Crippen LogP contribution in [0.4, 0.5) is 4.79 Å². The molecular weight excluding hydrogens is 344 g/mol. The van der Waals surface area contributed by atoms with Gasteiger partial charge in [0, 0.05) is 38.7 Å². The summed E-state index contributed by atoms with van der Waals surface area (Å²) >= 11 is 0. The minimum atomic E-state index is -3.18. The Morgan fingerprint density at radius 3 is 2.64 bits per heavy atom. The largest absolute Gasteiger partial charge is 0.447 e. The molecule has 2 aliphatic heterocycles. The summed E-state index contributed by atoms with van der Waals surface area (Å²) in [7, 11) is -3.18. The lowest BCUT2D eigenvalue weighted by Gasteiger charge is -2.44. The molecule has 1 atom stereocenters. The monoisotopic (exact) mass is 366 g/mol. The quantitative estimate of drug-likeness (QED) is 0.766. The second-order valence-electron chi connectivity index (χ2n) is 6.79. The van der Waals surface area contributed by atoms with Crippen LogP contribution in [0.5, 0.6) is 0 Å². The molecule has 0 aromatic heterocycles. The van der Waals surface area contributed by atoms with Gasteiger partial charge in [0.05, 0.1) is 5.75 Å². The van der Waals surface area contributed by atoms with Crippen LogP contribution in [-0.4, -0.2) is 74.0 Å². The first-order valence-corrected chi connectivity index (χ1v) is 10.3. The van der Waals surface area contributed by atoms with Crippen LogP contribution < -0.4 is 0 Å². The highest BCUT2D eigenvalue weighted by Crippen LogP contribution is 2.32. The zero-order valence-corrected chi connectivity index (χ0v) is 15.0. The molecule has 0 bridgehead atoms. The summed E-state index contributed by atoms with van der Waals surface area (Å²) < 4.78 is 27.9. The average molecular weight is 366 g/mol. The van der Waals surface area contributed by atoms with Gasteiger partial charge in [-0.25, -0.2) is 13.2 Å². The van der Waals surface area contributed by atoms with Gasteiger partial charge in [0.2, 0.25) is 5.91 Å². The molecule has 8 heteroatoms. The highest BCUT2D eigenvalue weighted by atomic mass is 32.2. The first-order chi connectivity index (χ1) is 11.8. The van der Waals surface area contributed by atoms with Crippen molar-refractivity contribution in [3.05, 3.63) is 35.9 Å². The van der Waals surface area contributed by atoms with Crippen LogP contribution in [0, 0.1) is 0 Å². The summed E-state index contributed by atoms with van der Waals surface area (Å²) in [6.07, 6.45) is 1.34. The number of sulfone groups is 1. The lowest BCUT2D eigenvalue weighted by atomic mass is 9.88. The molecule has 1 unspecified atom stereocenters. The fourth-order valence-electron chi connectivity index (χ4n) is 3.48. The Balaban J connectivity index is 1.76. The number of benzene rings is 1. The number of fused-ring (bicyclic) bond motifs is 1. The number of rotatable bonds is 5. The van der Waals surface area contributed by atoms with Gasteiger partial charge in [-0.15, -0.1) is 0 Å². The highest BCUT2D eigenvalue weighted by Gasteiger charge is 2.51. The molecule has 2 aliphatic rings. The van der Waals surface area contributed by atoms with Gasteiger partial charge in [-0.05, 0) is 5.56 Å². The van der Waals surface area contributed by atoms with Crippen molar-refractivity contribution < 1.29 is 22.7 Å². The number of piperazine rings is 1. The van der Waals surface area contributed by atoms with Gasteiger partial charge in [-0.2, -0.15) is 0 Å². The zero-order valence-electron chi connectivity index (χ0n) is 14.2. The maximum absolute atomic E-state index is 12.4. The predicted molar refractivity (Wildman–Crippen MR) is 91.8 cm³/mol. The minimum absolute atomic E-state index is 0.0327. The summed E-state index contributed by atoms with van der Waals surface area (Å²) in [5.41, 5.74) is 0.480. The van der Waals surface area contributed by atoms with Crippen LogP contribution >= 0.6 is 0 Å². The van der Waals surface area contributed by atoms with Crippen molar-refractivity contribution in [2.75, 3.05) is 38.2 Å². The fourth-order valence-corrected chi connectivity index (χ4v) is 4.03. The van der Waals surface area contributed by atoms with E-state index >= 15 is 0 Å². The molecule has 0 N–H and O–H groups in total. The molecule has 2 amide bonds. The van der Waals surface area contributed by atoms with Gasteiger partial charge in [0.15, 0.2) is 0 Å². The summed E-state index contributed by atoms with van der Waals surface area (Å²) in [5.74, 6) is -0.357. The lowest BCUT2D eigenvalue weighted by Crippen LogP contribution is -2.63. The Bertz CT molecular complexity index is 765. The molecule has 0 aliphatic carbocycles. The zero-order chi connectivity index (χ0) is 18.1. The van der Waals surface area contributed by atoms with Crippen molar-refractivity contribution in [2.45, 2.75) is 18.4 Å². The van der Waals surface area contributed by atoms with E-state index < -0.39 is 15.4 Å². The van der Waals surface area contributed by atoms with E-state index in [4.69, 9.17) is 4.74 Å². The van der Waals surface area contributed by atoms with Crippen LogP contribution in [0.25, 0.3) is 0 Å². The van der Waals surface area contributed by atoms with Gasteiger partial charge >= 0.3 is 6.09 Å². The van der Waals surface area contributed by atoms with Crippen molar-refractivity contribution >= 4 is 21.8 Å². The number of ether oxygens (including phenoxy) is 1. The van der Waals surface area contributed by atoms with Crippen molar-refractivity contribution in [1.29, 1.82) is 0 Å². The molecule has 136 valence electrons. The molecule has 2 heterocycles. The summed E-state index contributed by atoms with van der Waals surface area (Å²) in [6.45, 7) is 1.39. The van der Waals surface area contributed by atoms with Gasteiger partial charge in [0.25, 0.3) is 0 Å². The van der Waals surface area contributed by atoms with E-state index in [1.807, 2.05) is 30.3 Å². The number of carbonyl (C=O) groups is 2. The summed E-state index contributed by atoms with van der Waals surface area (Å²) in [5, 5.41) is 0. The van der Waals surface area contributed by atoms with Crippen LogP contribution in [-0.2, 0) is 25.8 Å². The number of carbonyl (C=O) groups excluding carboxylic acids is 2. The number of amides is 2. The van der Waals surface area contributed by atoms with Gasteiger partial charge in [-0.1, -0.05) is 30.3 Å². The number of nitrogens with zero attached hydrogens (tertiary/aromatic N) is 2. The maximum Gasteiger partial charge on any atom is 0.410 e. The normalized spacial score (nSPS) is 23.3. The first kappa shape index (κ1) is 17.7. The smallest absolute Gasteiger partial charge is 0.410 e.